The molecule has 0 saturated heterocycles. The molecule has 6 nitrogen and oxygen atoms in total. The van der Waals surface area contributed by atoms with Crippen LogP contribution in [0.2, 0.25) is 0 Å². The molecule has 0 radical (unpaired) electrons. The normalized spacial score (nSPS) is 12.6. The molecule has 1 rings (SSSR count). The maximum atomic E-state index is 11.6. The highest BCUT2D eigenvalue weighted by Crippen LogP contribution is 2.15. The number of nitrogens with one attached hydrogen (secondary N) is 1. The summed E-state index contributed by atoms with van der Waals surface area (Å²) in [7, 11) is -3.46. The summed E-state index contributed by atoms with van der Waals surface area (Å²) >= 11 is 0. The van der Waals surface area contributed by atoms with Crippen LogP contribution in [0.3, 0.4) is 0 Å². The minimum absolute atomic E-state index is 0.0188. The van der Waals surface area contributed by atoms with Crippen LogP contribution in [0, 0.1) is 0 Å². The van der Waals surface area contributed by atoms with Crippen molar-refractivity contribution in [1.82, 2.24) is 4.31 Å². The molecule has 0 spiro atoms. The van der Waals surface area contributed by atoms with Crippen LogP contribution in [-0.4, -0.2) is 53.3 Å². The molecule has 1 N–H and O–H groups in total. The van der Waals surface area contributed by atoms with Crippen molar-refractivity contribution in [1.29, 1.82) is 0 Å². The molecule has 0 saturated carbocycles. The molecule has 0 fully saturated rings. The van der Waals surface area contributed by atoms with E-state index in [2.05, 4.69) is 5.32 Å². The van der Waals surface area contributed by atoms with Gasteiger partial charge in [-0.05, 0) is 24.3 Å². The number of rotatable bonds is 7. The molecule has 0 heterocycles. The molecule has 0 aliphatic rings. The number of hydrogen-bond donors (Lipinski definition) is 1. The van der Waals surface area contributed by atoms with Crippen molar-refractivity contribution in [3.8, 4) is 0 Å². The van der Waals surface area contributed by atoms with E-state index in [0.717, 1.165) is 0 Å². The fraction of sp³-hybridized carbons (Fsp3) is 0.500. The first-order valence-electron chi connectivity index (χ1n) is 6.16. The number of sulfonamides is 1. The lowest BCUT2D eigenvalue weighted by atomic mass is 10.3. The lowest BCUT2D eigenvalue weighted by molar-refractivity contribution is 0.521. The largest absolute Gasteiger partial charge is 0.384 e. The van der Waals surface area contributed by atoms with Gasteiger partial charge in [-0.25, -0.2) is 21.1 Å². The van der Waals surface area contributed by atoms with Crippen LogP contribution in [0.25, 0.3) is 0 Å². The van der Waals surface area contributed by atoms with E-state index < -0.39 is 19.9 Å². The van der Waals surface area contributed by atoms with Crippen LogP contribution in [0.1, 0.15) is 6.92 Å². The van der Waals surface area contributed by atoms with Gasteiger partial charge >= 0.3 is 0 Å². The Kier molecular flexibility index (Phi) is 5.55. The highest BCUT2D eigenvalue weighted by molar-refractivity contribution is 7.91. The van der Waals surface area contributed by atoms with Crippen molar-refractivity contribution >= 4 is 25.5 Å². The van der Waals surface area contributed by atoms with E-state index in [4.69, 9.17) is 0 Å². The first-order valence-corrected chi connectivity index (χ1v) is 9.42. The van der Waals surface area contributed by atoms with E-state index in [0.29, 0.717) is 5.69 Å². The van der Waals surface area contributed by atoms with Gasteiger partial charge < -0.3 is 5.32 Å². The zero-order valence-corrected chi connectivity index (χ0v) is 13.5. The number of nitrogens with zero attached hydrogens (tertiary/aromatic N) is 1. The van der Waals surface area contributed by atoms with E-state index in [1.54, 1.807) is 19.1 Å². The lowest BCUT2D eigenvalue weighted by Crippen LogP contribution is -2.28. The van der Waals surface area contributed by atoms with E-state index in [9.17, 15) is 16.8 Å². The summed E-state index contributed by atoms with van der Waals surface area (Å²) in [4.78, 5) is 0.270. The third-order valence-electron chi connectivity index (χ3n) is 2.84. The number of hydrogen-bond acceptors (Lipinski definition) is 5. The molecule has 0 aromatic heterocycles. The Morgan fingerprint density at radius 3 is 2.05 bits per heavy atom. The third kappa shape index (κ3) is 4.46. The van der Waals surface area contributed by atoms with Gasteiger partial charge in [0, 0.05) is 26.3 Å². The van der Waals surface area contributed by atoms with Crippen molar-refractivity contribution in [3.63, 3.8) is 0 Å². The summed E-state index contributed by atoms with van der Waals surface area (Å²) < 4.78 is 47.5. The van der Waals surface area contributed by atoms with Gasteiger partial charge in [-0.1, -0.05) is 6.92 Å². The van der Waals surface area contributed by atoms with Gasteiger partial charge in [0.05, 0.1) is 16.4 Å². The molecule has 20 heavy (non-hydrogen) atoms. The van der Waals surface area contributed by atoms with Gasteiger partial charge in [-0.15, -0.1) is 0 Å². The van der Waals surface area contributed by atoms with Gasteiger partial charge in [0.25, 0.3) is 0 Å². The number of sulfone groups is 1. The van der Waals surface area contributed by atoms with Crippen LogP contribution < -0.4 is 5.32 Å². The monoisotopic (exact) mass is 320 g/mol. The van der Waals surface area contributed by atoms with Crippen LogP contribution in [-0.2, 0) is 19.9 Å². The summed E-state index contributed by atoms with van der Waals surface area (Å²) in [6.45, 7) is 1.86. The van der Waals surface area contributed by atoms with Gasteiger partial charge in [0.15, 0.2) is 9.84 Å². The molecule has 8 heteroatoms. The maximum absolute atomic E-state index is 11.6. The average Bonchev–Trinajstić information content (AvgIpc) is 2.39. The van der Waals surface area contributed by atoms with E-state index in [-0.39, 0.29) is 22.9 Å². The summed E-state index contributed by atoms with van der Waals surface area (Å²) in [6, 6.07) is 6.29. The van der Waals surface area contributed by atoms with Crippen LogP contribution in [0.4, 0.5) is 5.69 Å². The van der Waals surface area contributed by atoms with Crippen LogP contribution >= 0.6 is 0 Å². The van der Waals surface area contributed by atoms with Crippen molar-refractivity contribution in [2.45, 2.75) is 11.8 Å². The minimum atomic E-state index is -3.23. The van der Waals surface area contributed by atoms with Crippen molar-refractivity contribution < 1.29 is 16.8 Å². The first-order chi connectivity index (χ1) is 9.19. The third-order valence-corrected chi connectivity index (χ3v) is 6.42. The predicted molar refractivity (Wildman–Crippen MR) is 80.1 cm³/mol. The molecule has 1 aromatic rings. The van der Waals surface area contributed by atoms with Crippen molar-refractivity contribution in [2.24, 2.45) is 0 Å². The zero-order valence-electron chi connectivity index (χ0n) is 11.8. The summed E-state index contributed by atoms with van der Waals surface area (Å²) in [5.74, 6) is 0.0376. The Balaban J connectivity index is 2.64. The van der Waals surface area contributed by atoms with Gasteiger partial charge in [0.1, 0.15) is 0 Å². The van der Waals surface area contributed by atoms with Crippen molar-refractivity contribution in [2.75, 3.05) is 37.5 Å². The molecule has 0 unspecified atom stereocenters. The lowest BCUT2D eigenvalue weighted by Gasteiger charge is -2.12. The quantitative estimate of drug-likeness (QED) is 0.803. The molecule has 0 aliphatic carbocycles. The first kappa shape index (κ1) is 16.9. The van der Waals surface area contributed by atoms with Gasteiger partial charge in [0.2, 0.25) is 10.0 Å². The molecule has 0 amide bonds. The van der Waals surface area contributed by atoms with Crippen LogP contribution in [0.15, 0.2) is 29.2 Å². The molecule has 114 valence electrons. The molecule has 0 atom stereocenters. The topological polar surface area (TPSA) is 83.5 Å². The molecular weight excluding hydrogens is 300 g/mol. The Morgan fingerprint density at radius 1 is 1.05 bits per heavy atom. The van der Waals surface area contributed by atoms with Crippen molar-refractivity contribution in [3.05, 3.63) is 24.3 Å². The molecule has 0 bridgehead atoms. The second kappa shape index (κ2) is 6.55. The second-order valence-corrected chi connectivity index (χ2v) is 9.03. The number of benzene rings is 1. The fourth-order valence-corrected chi connectivity index (χ4v) is 3.06. The Labute approximate surface area is 120 Å². The molecule has 1 aromatic carbocycles. The predicted octanol–water partition coefficient (Wildman–Crippen LogP) is 0.784. The Hall–Kier alpha value is -1.12. The summed E-state index contributed by atoms with van der Waals surface area (Å²) in [6.07, 6.45) is 0. The maximum Gasteiger partial charge on any atom is 0.215 e. The van der Waals surface area contributed by atoms with E-state index in [1.807, 2.05) is 0 Å². The second-order valence-electron chi connectivity index (χ2n) is 4.45. The standard InChI is InChI=1S/C12H20N2O4S2/c1-4-19(15,16)12-7-5-11(6-8-12)13-9-10-20(17,18)14(2)3/h5-8,13H,4,9-10H2,1-3H3. The Bertz CT molecular complexity index is 635. The summed E-state index contributed by atoms with van der Waals surface area (Å²) in [5, 5.41) is 2.95. The zero-order chi connectivity index (χ0) is 15.4. The highest BCUT2D eigenvalue weighted by atomic mass is 32.2. The smallest absolute Gasteiger partial charge is 0.215 e. The molecular formula is C12H20N2O4S2. The highest BCUT2D eigenvalue weighted by Gasteiger charge is 2.13. The van der Waals surface area contributed by atoms with Gasteiger partial charge in [-0.2, -0.15) is 0 Å². The minimum Gasteiger partial charge on any atom is -0.384 e. The summed E-state index contributed by atoms with van der Waals surface area (Å²) in [5.41, 5.74) is 0.689. The van der Waals surface area contributed by atoms with E-state index in [1.165, 1.54) is 30.5 Å². The SMILES string of the molecule is CCS(=O)(=O)c1ccc(NCCS(=O)(=O)N(C)C)cc1. The average molecular weight is 320 g/mol. The number of anilines is 1. The molecule has 0 aliphatic heterocycles. The van der Waals surface area contributed by atoms with Crippen LogP contribution in [0.5, 0.6) is 0 Å². The van der Waals surface area contributed by atoms with Gasteiger partial charge in [-0.3, -0.25) is 0 Å². The van der Waals surface area contributed by atoms with E-state index >= 15 is 0 Å². The fourth-order valence-electron chi connectivity index (χ4n) is 1.45. The Morgan fingerprint density at radius 2 is 1.60 bits per heavy atom.